The largest absolute Gasteiger partial charge is 0.319 e. The predicted molar refractivity (Wildman–Crippen MR) is 69.1 cm³/mol. The third-order valence-corrected chi connectivity index (χ3v) is 2.62. The minimum atomic E-state index is -0.261. The van der Waals surface area contributed by atoms with Gasteiger partial charge in [-0.15, -0.1) is 0 Å². The quantitative estimate of drug-likeness (QED) is 0.927. The molecule has 0 saturated heterocycles. The standard InChI is InChI=1S/C11H7BrClN3O/c12-8-1-7(2-9(13)3-8)11(17)16-10-4-14-6-15-5-10/h1-6H,(H,16,17). The zero-order chi connectivity index (χ0) is 12.3. The van der Waals surface area contributed by atoms with Crippen LogP contribution in [0.1, 0.15) is 10.4 Å². The maximum Gasteiger partial charge on any atom is 0.255 e. The summed E-state index contributed by atoms with van der Waals surface area (Å²) >= 11 is 9.14. The highest BCUT2D eigenvalue weighted by Crippen LogP contribution is 2.20. The van der Waals surface area contributed by atoms with Crippen LogP contribution in [-0.2, 0) is 0 Å². The average molecular weight is 313 g/mol. The Kier molecular flexibility index (Phi) is 3.71. The van der Waals surface area contributed by atoms with Crippen molar-refractivity contribution in [3.05, 3.63) is 52.0 Å². The van der Waals surface area contributed by atoms with Crippen LogP contribution < -0.4 is 5.32 Å². The van der Waals surface area contributed by atoms with Crippen LogP contribution in [0.3, 0.4) is 0 Å². The summed E-state index contributed by atoms with van der Waals surface area (Å²) in [6, 6.07) is 4.99. The fourth-order valence-corrected chi connectivity index (χ4v) is 2.11. The van der Waals surface area contributed by atoms with Crippen molar-refractivity contribution in [3.8, 4) is 0 Å². The maximum atomic E-state index is 11.9. The van der Waals surface area contributed by atoms with Gasteiger partial charge in [-0.1, -0.05) is 27.5 Å². The molecule has 1 aromatic carbocycles. The van der Waals surface area contributed by atoms with E-state index in [9.17, 15) is 4.79 Å². The van der Waals surface area contributed by atoms with Gasteiger partial charge in [0.15, 0.2) is 0 Å². The number of amides is 1. The third kappa shape index (κ3) is 3.25. The molecule has 1 aromatic heterocycles. The molecule has 1 N–H and O–H groups in total. The fourth-order valence-electron chi connectivity index (χ4n) is 1.25. The SMILES string of the molecule is O=C(Nc1cncnc1)c1cc(Cl)cc(Br)c1. The van der Waals surface area contributed by atoms with Gasteiger partial charge in [-0.3, -0.25) is 4.79 Å². The highest BCUT2D eigenvalue weighted by Gasteiger charge is 2.08. The lowest BCUT2D eigenvalue weighted by Crippen LogP contribution is -2.12. The molecule has 0 aliphatic carbocycles. The van der Waals surface area contributed by atoms with E-state index < -0.39 is 0 Å². The number of aromatic nitrogens is 2. The molecule has 0 atom stereocenters. The van der Waals surface area contributed by atoms with Crippen molar-refractivity contribution in [3.63, 3.8) is 0 Å². The third-order valence-electron chi connectivity index (χ3n) is 1.94. The van der Waals surface area contributed by atoms with Crippen LogP contribution in [0.5, 0.6) is 0 Å². The summed E-state index contributed by atoms with van der Waals surface area (Å²) in [5.41, 5.74) is 1.00. The van der Waals surface area contributed by atoms with Crippen molar-refractivity contribution in [2.24, 2.45) is 0 Å². The Balaban J connectivity index is 2.20. The van der Waals surface area contributed by atoms with Crippen molar-refractivity contribution in [2.45, 2.75) is 0 Å². The van der Waals surface area contributed by atoms with E-state index >= 15 is 0 Å². The first-order valence-electron chi connectivity index (χ1n) is 4.67. The van der Waals surface area contributed by atoms with Crippen molar-refractivity contribution in [1.29, 1.82) is 0 Å². The predicted octanol–water partition coefficient (Wildman–Crippen LogP) is 3.14. The molecule has 6 heteroatoms. The molecule has 0 fully saturated rings. The number of hydrogen-bond acceptors (Lipinski definition) is 3. The van der Waals surface area contributed by atoms with Crippen molar-refractivity contribution in [2.75, 3.05) is 5.32 Å². The second kappa shape index (κ2) is 5.25. The van der Waals surface area contributed by atoms with Gasteiger partial charge in [-0.2, -0.15) is 0 Å². The molecule has 86 valence electrons. The molecule has 0 aliphatic rings. The van der Waals surface area contributed by atoms with Crippen LogP contribution in [0.25, 0.3) is 0 Å². The van der Waals surface area contributed by atoms with Crippen LogP contribution in [0.4, 0.5) is 5.69 Å². The molecular weight excluding hydrogens is 305 g/mol. The molecule has 4 nitrogen and oxygen atoms in total. The number of benzene rings is 1. The highest BCUT2D eigenvalue weighted by atomic mass is 79.9. The van der Waals surface area contributed by atoms with Gasteiger partial charge in [0.25, 0.3) is 5.91 Å². The average Bonchev–Trinajstić information content (AvgIpc) is 2.29. The zero-order valence-electron chi connectivity index (χ0n) is 8.52. The van der Waals surface area contributed by atoms with E-state index in [4.69, 9.17) is 11.6 Å². The normalized spacial score (nSPS) is 10.0. The number of nitrogens with one attached hydrogen (secondary N) is 1. The lowest BCUT2D eigenvalue weighted by Gasteiger charge is -2.05. The second-order valence-electron chi connectivity index (χ2n) is 3.24. The van der Waals surface area contributed by atoms with E-state index in [1.54, 1.807) is 18.2 Å². The summed E-state index contributed by atoms with van der Waals surface area (Å²) in [5, 5.41) is 3.16. The van der Waals surface area contributed by atoms with Gasteiger partial charge in [-0.25, -0.2) is 9.97 Å². The Morgan fingerprint density at radius 2 is 1.94 bits per heavy atom. The van der Waals surface area contributed by atoms with Crippen LogP contribution in [0, 0.1) is 0 Å². The minimum Gasteiger partial charge on any atom is -0.319 e. The number of hydrogen-bond donors (Lipinski definition) is 1. The number of anilines is 1. The van der Waals surface area contributed by atoms with E-state index in [1.165, 1.54) is 18.7 Å². The molecule has 0 aliphatic heterocycles. The van der Waals surface area contributed by atoms with Crippen molar-refractivity contribution >= 4 is 39.1 Å². The zero-order valence-corrected chi connectivity index (χ0v) is 10.9. The smallest absolute Gasteiger partial charge is 0.255 e. The molecule has 0 spiro atoms. The van der Waals surface area contributed by atoms with E-state index in [1.807, 2.05) is 0 Å². The molecule has 0 unspecified atom stereocenters. The Bertz CT molecular complexity index is 527. The fraction of sp³-hybridized carbons (Fsp3) is 0. The number of nitrogens with zero attached hydrogens (tertiary/aromatic N) is 2. The topological polar surface area (TPSA) is 54.9 Å². The summed E-state index contributed by atoms with van der Waals surface area (Å²) in [5.74, 6) is -0.261. The second-order valence-corrected chi connectivity index (χ2v) is 4.59. The van der Waals surface area contributed by atoms with Gasteiger partial charge < -0.3 is 5.32 Å². The van der Waals surface area contributed by atoms with Crippen molar-refractivity contribution < 1.29 is 4.79 Å². The Hall–Kier alpha value is -1.46. The minimum absolute atomic E-state index is 0.261. The summed E-state index contributed by atoms with van der Waals surface area (Å²) in [6.07, 6.45) is 4.43. The summed E-state index contributed by atoms with van der Waals surface area (Å²) in [7, 11) is 0. The van der Waals surface area contributed by atoms with Gasteiger partial charge >= 0.3 is 0 Å². The van der Waals surface area contributed by atoms with E-state index in [2.05, 4.69) is 31.2 Å². The monoisotopic (exact) mass is 311 g/mol. The summed E-state index contributed by atoms with van der Waals surface area (Å²) in [4.78, 5) is 19.5. The maximum absolute atomic E-state index is 11.9. The van der Waals surface area contributed by atoms with Crippen molar-refractivity contribution in [1.82, 2.24) is 9.97 Å². The number of halogens is 2. The molecular formula is C11H7BrClN3O. The molecule has 0 bridgehead atoms. The first-order chi connectivity index (χ1) is 8.15. The Morgan fingerprint density at radius 3 is 2.59 bits per heavy atom. The van der Waals surface area contributed by atoms with E-state index in [0.717, 1.165) is 4.47 Å². The number of carbonyl (C=O) groups excluding carboxylic acids is 1. The molecule has 0 saturated carbocycles. The van der Waals surface area contributed by atoms with Crippen LogP contribution in [-0.4, -0.2) is 15.9 Å². The van der Waals surface area contributed by atoms with Crippen LogP contribution in [0.15, 0.2) is 41.4 Å². The molecule has 2 aromatic rings. The summed E-state index contributed by atoms with van der Waals surface area (Å²) < 4.78 is 0.750. The lowest BCUT2D eigenvalue weighted by molar-refractivity contribution is 0.102. The summed E-state index contributed by atoms with van der Waals surface area (Å²) in [6.45, 7) is 0. The number of carbonyl (C=O) groups is 1. The molecule has 1 heterocycles. The van der Waals surface area contributed by atoms with Gasteiger partial charge in [0, 0.05) is 15.1 Å². The Labute approximate surface area is 111 Å². The van der Waals surface area contributed by atoms with Crippen LogP contribution >= 0.6 is 27.5 Å². The lowest BCUT2D eigenvalue weighted by atomic mass is 10.2. The molecule has 1 amide bonds. The Morgan fingerprint density at radius 1 is 1.24 bits per heavy atom. The molecule has 0 radical (unpaired) electrons. The van der Waals surface area contributed by atoms with Gasteiger partial charge in [0.1, 0.15) is 6.33 Å². The molecule has 2 rings (SSSR count). The van der Waals surface area contributed by atoms with Gasteiger partial charge in [-0.05, 0) is 18.2 Å². The van der Waals surface area contributed by atoms with Crippen LogP contribution in [0.2, 0.25) is 5.02 Å². The first-order valence-corrected chi connectivity index (χ1v) is 5.85. The van der Waals surface area contributed by atoms with E-state index in [-0.39, 0.29) is 5.91 Å². The molecule has 17 heavy (non-hydrogen) atoms. The van der Waals surface area contributed by atoms with Gasteiger partial charge in [0.05, 0.1) is 18.1 Å². The highest BCUT2D eigenvalue weighted by molar-refractivity contribution is 9.10. The number of rotatable bonds is 2. The first kappa shape index (κ1) is 12.0. The van der Waals surface area contributed by atoms with E-state index in [0.29, 0.717) is 16.3 Å². The van der Waals surface area contributed by atoms with Gasteiger partial charge in [0.2, 0.25) is 0 Å².